The van der Waals surface area contributed by atoms with Gasteiger partial charge in [-0.3, -0.25) is 4.79 Å². The minimum Gasteiger partial charge on any atom is -0.294 e. The third-order valence-corrected chi connectivity index (χ3v) is 2.61. The summed E-state index contributed by atoms with van der Waals surface area (Å²) in [5, 5.41) is 0. The minimum absolute atomic E-state index is 0.137. The molecule has 0 aromatic heterocycles. The molecular weight excluding hydrogens is 217 g/mol. The molecule has 0 aliphatic heterocycles. The lowest BCUT2D eigenvalue weighted by Crippen LogP contribution is -2.15. The van der Waals surface area contributed by atoms with E-state index in [0.717, 1.165) is 16.7 Å². The topological polar surface area (TPSA) is 17.1 Å². The van der Waals surface area contributed by atoms with Crippen molar-refractivity contribution < 1.29 is 18.0 Å². The number of ketones is 1. The van der Waals surface area contributed by atoms with Gasteiger partial charge in [-0.25, -0.2) is 0 Å². The van der Waals surface area contributed by atoms with E-state index in [1.807, 2.05) is 6.92 Å². The molecule has 0 spiro atoms. The van der Waals surface area contributed by atoms with Gasteiger partial charge in [0.2, 0.25) is 0 Å². The molecule has 1 aromatic rings. The molecule has 0 aliphatic rings. The molecule has 0 radical (unpaired) electrons. The summed E-state index contributed by atoms with van der Waals surface area (Å²) in [6.45, 7) is 5.45. The third-order valence-electron chi connectivity index (χ3n) is 2.61. The quantitative estimate of drug-likeness (QED) is 0.707. The first kappa shape index (κ1) is 12.7. The van der Waals surface area contributed by atoms with Crippen molar-refractivity contribution in [1.82, 2.24) is 0 Å². The second-order valence-corrected chi connectivity index (χ2v) is 3.95. The molecule has 0 N–H and O–H groups in total. The summed E-state index contributed by atoms with van der Waals surface area (Å²) in [6, 6.07) is 3.02. The Labute approximate surface area is 92.3 Å². The number of hydrogen-bond donors (Lipinski definition) is 0. The van der Waals surface area contributed by atoms with Crippen molar-refractivity contribution in [3.05, 3.63) is 34.4 Å². The number of rotatable bonds is 2. The normalized spacial score (nSPS) is 11.6. The number of hydrogen-bond acceptors (Lipinski definition) is 1. The van der Waals surface area contributed by atoms with E-state index >= 15 is 0 Å². The Morgan fingerprint density at radius 2 is 1.56 bits per heavy atom. The van der Waals surface area contributed by atoms with Crippen molar-refractivity contribution in [3.8, 4) is 0 Å². The molecule has 0 fully saturated rings. The fraction of sp³-hybridized carbons (Fsp3) is 0.417. The van der Waals surface area contributed by atoms with Crippen LogP contribution in [0.15, 0.2) is 12.1 Å². The van der Waals surface area contributed by atoms with Crippen LogP contribution in [0.25, 0.3) is 0 Å². The van der Waals surface area contributed by atoms with Gasteiger partial charge >= 0.3 is 6.18 Å². The lowest BCUT2D eigenvalue weighted by atomic mass is 9.97. The summed E-state index contributed by atoms with van der Waals surface area (Å²) in [4.78, 5) is 11.4. The maximum Gasteiger partial charge on any atom is 0.396 e. The number of halogens is 3. The van der Waals surface area contributed by atoms with Crippen molar-refractivity contribution in [2.45, 2.75) is 33.4 Å². The Kier molecular flexibility index (Phi) is 3.41. The summed E-state index contributed by atoms with van der Waals surface area (Å²) in [5.41, 5.74) is 2.82. The van der Waals surface area contributed by atoms with E-state index in [4.69, 9.17) is 0 Å². The molecule has 1 rings (SSSR count). The first-order valence-electron chi connectivity index (χ1n) is 4.88. The van der Waals surface area contributed by atoms with Crippen LogP contribution in [0.4, 0.5) is 13.2 Å². The van der Waals surface area contributed by atoms with Gasteiger partial charge in [-0.2, -0.15) is 13.2 Å². The van der Waals surface area contributed by atoms with Crippen LogP contribution in [-0.2, 0) is 0 Å². The largest absolute Gasteiger partial charge is 0.396 e. The number of carbonyl (C=O) groups excluding carboxylic acids is 1. The zero-order chi connectivity index (χ0) is 12.5. The zero-order valence-corrected chi connectivity index (χ0v) is 9.40. The average molecular weight is 230 g/mol. The maximum absolute atomic E-state index is 12.1. The van der Waals surface area contributed by atoms with Gasteiger partial charge < -0.3 is 0 Å². The van der Waals surface area contributed by atoms with E-state index in [1.54, 1.807) is 13.8 Å². The Hall–Kier alpha value is -1.32. The predicted octanol–water partition coefficient (Wildman–Crippen LogP) is 3.75. The number of benzene rings is 1. The van der Waals surface area contributed by atoms with Gasteiger partial charge in [0.25, 0.3) is 0 Å². The Morgan fingerprint density at radius 3 is 1.94 bits per heavy atom. The highest BCUT2D eigenvalue weighted by molar-refractivity contribution is 5.97. The second-order valence-electron chi connectivity index (χ2n) is 3.95. The molecule has 0 atom stereocenters. The van der Waals surface area contributed by atoms with Gasteiger partial charge in [0.05, 0.1) is 0 Å². The third kappa shape index (κ3) is 3.08. The molecule has 0 saturated heterocycles. The second kappa shape index (κ2) is 4.28. The SMILES string of the molecule is Cc1cc(C(=O)CC(F)(F)F)cc(C)c1C. The Bertz CT molecular complexity index is 396. The Balaban J connectivity index is 3.02. The van der Waals surface area contributed by atoms with Crippen molar-refractivity contribution in [1.29, 1.82) is 0 Å². The van der Waals surface area contributed by atoms with Gasteiger partial charge in [-0.15, -0.1) is 0 Å². The van der Waals surface area contributed by atoms with Crippen LogP contribution in [0.1, 0.15) is 33.5 Å². The molecule has 0 heterocycles. The summed E-state index contributed by atoms with van der Waals surface area (Å²) in [7, 11) is 0. The summed E-state index contributed by atoms with van der Waals surface area (Å²) < 4.78 is 36.2. The smallest absolute Gasteiger partial charge is 0.294 e. The highest BCUT2D eigenvalue weighted by Crippen LogP contribution is 2.24. The molecule has 0 saturated carbocycles. The van der Waals surface area contributed by atoms with E-state index in [2.05, 4.69) is 0 Å². The van der Waals surface area contributed by atoms with Gasteiger partial charge in [-0.05, 0) is 49.6 Å². The van der Waals surface area contributed by atoms with Crippen LogP contribution >= 0.6 is 0 Å². The summed E-state index contributed by atoms with van der Waals surface area (Å²) in [5.74, 6) is -0.876. The van der Waals surface area contributed by atoms with Crippen molar-refractivity contribution in [2.24, 2.45) is 0 Å². The highest BCUT2D eigenvalue weighted by Gasteiger charge is 2.31. The monoisotopic (exact) mass is 230 g/mol. The molecule has 4 heteroatoms. The molecule has 0 amide bonds. The zero-order valence-electron chi connectivity index (χ0n) is 9.40. The minimum atomic E-state index is -4.44. The lowest BCUT2D eigenvalue weighted by molar-refractivity contribution is -0.125. The molecule has 0 aliphatic carbocycles. The van der Waals surface area contributed by atoms with Crippen LogP contribution in [0.5, 0.6) is 0 Å². The number of Topliss-reactive ketones (excluding diaryl/α,β-unsaturated/α-hetero) is 1. The van der Waals surface area contributed by atoms with Crippen LogP contribution < -0.4 is 0 Å². The standard InChI is InChI=1S/C12H13F3O/c1-7-4-10(5-8(2)9(7)3)11(16)6-12(13,14)15/h4-5H,6H2,1-3H3. The van der Waals surface area contributed by atoms with Crippen LogP contribution in [0.2, 0.25) is 0 Å². The van der Waals surface area contributed by atoms with E-state index < -0.39 is 18.4 Å². The molecular formula is C12H13F3O. The number of alkyl halides is 3. The van der Waals surface area contributed by atoms with Crippen LogP contribution in [0.3, 0.4) is 0 Å². The van der Waals surface area contributed by atoms with Gasteiger partial charge in [-0.1, -0.05) is 0 Å². The van der Waals surface area contributed by atoms with E-state index in [9.17, 15) is 18.0 Å². The molecule has 1 aromatic carbocycles. The number of carbonyl (C=O) groups is 1. The fourth-order valence-corrected chi connectivity index (χ4v) is 1.48. The lowest BCUT2D eigenvalue weighted by Gasteiger charge is -2.09. The van der Waals surface area contributed by atoms with Gasteiger partial charge in [0.15, 0.2) is 5.78 Å². The Morgan fingerprint density at radius 1 is 1.12 bits per heavy atom. The molecule has 0 bridgehead atoms. The molecule has 88 valence electrons. The van der Waals surface area contributed by atoms with Crippen molar-refractivity contribution >= 4 is 5.78 Å². The van der Waals surface area contributed by atoms with Crippen LogP contribution in [0, 0.1) is 20.8 Å². The van der Waals surface area contributed by atoms with Crippen molar-refractivity contribution in [3.63, 3.8) is 0 Å². The summed E-state index contributed by atoms with van der Waals surface area (Å²) >= 11 is 0. The fourth-order valence-electron chi connectivity index (χ4n) is 1.48. The average Bonchev–Trinajstić information content (AvgIpc) is 2.10. The van der Waals surface area contributed by atoms with Gasteiger partial charge in [0.1, 0.15) is 6.42 Å². The van der Waals surface area contributed by atoms with E-state index in [-0.39, 0.29) is 5.56 Å². The predicted molar refractivity (Wildman–Crippen MR) is 55.7 cm³/mol. The summed E-state index contributed by atoms with van der Waals surface area (Å²) in [6.07, 6.45) is -5.83. The first-order chi connectivity index (χ1) is 7.20. The maximum atomic E-state index is 12.1. The highest BCUT2D eigenvalue weighted by atomic mass is 19.4. The molecule has 16 heavy (non-hydrogen) atoms. The van der Waals surface area contributed by atoms with E-state index in [1.165, 1.54) is 12.1 Å². The molecule has 0 unspecified atom stereocenters. The number of aryl methyl sites for hydroxylation is 2. The van der Waals surface area contributed by atoms with E-state index in [0.29, 0.717) is 0 Å². The van der Waals surface area contributed by atoms with Crippen LogP contribution in [-0.4, -0.2) is 12.0 Å². The first-order valence-corrected chi connectivity index (χ1v) is 4.88. The van der Waals surface area contributed by atoms with Gasteiger partial charge in [0, 0.05) is 5.56 Å². The molecule has 1 nitrogen and oxygen atoms in total. The van der Waals surface area contributed by atoms with Crippen molar-refractivity contribution in [2.75, 3.05) is 0 Å².